The van der Waals surface area contributed by atoms with Crippen LogP contribution in [0.4, 0.5) is 5.95 Å². The molecule has 0 atom stereocenters. The zero-order valence-corrected chi connectivity index (χ0v) is 18.1. The number of benzene rings is 2. The fourth-order valence-corrected chi connectivity index (χ4v) is 4.35. The third-order valence-electron chi connectivity index (χ3n) is 5.78. The molecule has 5 rings (SSSR count). The molecular formula is C23H23ClN6O. The predicted octanol–water partition coefficient (Wildman–Crippen LogP) is 3.52. The van der Waals surface area contributed by atoms with E-state index in [1.165, 1.54) is 0 Å². The second-order valence-electron chi connectivity index (χ2n) is 7.86. The highest BCUT2D eigenvalue weighted by molar-refractivity contribution is 6.31. The third-order valence-corrected chi connectivity index (χ3v) is 6.01. The zero-order valence-electron chi connectivity index (χ0n) is 17.3. The molecule has 1 aliphatic rings. The van der Waals surface area contributed by atoms with Crippen molar-refractivity contribution in [1.29, 1.82) is 0 Å². The van der Waals surface area contributed by atoms with Gasteiger partial charge in [-0.25, -0.2) is 9.38 Å². The summed E-state index contributed by atoms with van der Waals surface area (Å²) in [6, 6.07) is 15.5. The molecule has 7 nitrogen and oxygen atoms in total. The number of amides is 1. The van der Waals surface area contributed by atoms with Gasteiger partial charge >= 0.3 is 0 Å². The van der Waals surface area contributed by atoms with Gasteiger partial charge in [0.2, 0.25) is 11.9 Å². The number of hydrogen-bond donors (Lipinski definition) is 0. The molecular weight excluding hydrogens is 412 g/mol. The Morgan fingerprint density at radius 3 is 2.71 bits per heavy atom. The van der Waals surface area contributed by atoms with Gasteiger partial charge in [-0.1, -0.05) is 41.9 Å². The first-order valence-electron chi connectivity index (χ1n) is 10.5. The molecule has 0 radical (unpaired) electrons. The largest absolute Gasteiger partial charge is 0.341 e. The summed E-state index contributed by atoms with van der Waals surface area (Å²) < 4.78 is 2.00. The summed E-state index contributed by atoms with van der Waals surface area (Å²) >= 11 is 6.22. The molecule has 2 aromatic heterocycles. The normalized spacial score (nSPS) is 14.9. The third kappa shape index (κ3) is 3.81. The molecule has 158 valence electrons. The van der Waals surface area contributed by atoms with E-state index in [-0.39, 0.29) is 5.91 Å². The molecule has 3 heterocycles. The molecule has 2 aromatic carbocycles. The van der Waals surface area contributed by atoms with Crippen LogP contribution < -0.4 is 4.90 Å². The molecule has 0 saturated carbocycles. The molecule has 0 unspecified atom stereocenters. The molecule has 4 aromatic rings. The standard InChI is InChI=1S/C23H23ClN6O/c1-16-26-27-22-19-9-8-18(24)15-20(19)25-23(30(16)22)29-11-5-10-28(12-13-29)21(31)14-17-6-3-2-4-7-17/h2-4,6-9,15H,5,10-14H2,1H3. The smallest absolute Gasteiger partial charge is 0.227 e. The first-order chi connectivity index (χ1) is 15.1. The van der Waals surface area contributed by atoms with E-state index >= 15 is 0 Å². The van der Waals surface area contributed by atoms with E-state index in [9.17, 15) is 4.79 Å². The van der Waals surface area contributed by atoms with E-state index < -0.39 is 0 Å². The lowest BCUT2D eigenvalue weighted by molar-refractivity contribution is -0.130. The van der Waals surface area contributed by atoms with Crippen LogP contribution in [-0.2, 0) is 11.2 Å². The minimum Gasteiger partial charge on any atom is -0.341 e. The Hall–Kier alpha value is -3.19. The van der Waals surface area contributed by atoms with Gasteiger partial charge in [-0.2, -0.15) is 0 Å². The van der Waals surface area contributed by atoms with Crippen LogP contribution in [0.15, 0.2) is 48.5 Å². The van der Waals surface area contributed by atoms with Crippen LogP contribution >= 0.6 is 11.6 Å². The van der Waals surface area contributed by atoms with Gasteiger partial charge in [0, 0.05) is 36.6 Å². The van der Waals surface area contributed by atoms with Crippen LogP contribution in [0.2, 0.25) is 5.02 Å². The Balaban J connectivity index is 1.43. The number of fused-ring (bicyclic) bond motifs is 3. The maximum Gasteiger partial charge on any atom is 0.227 e. The lowest BCUT2D eigenvalue weighted by atomic mass is 10.1. The molecule has 1 aliphatic heterocycles. The molecule has 0 N–H and O–H groups in total. The number of rotatable bonds is 3. The number of nitrogens with zero attached hydrogens (tertiary/aromatic N) is 6. The quantitative estimate of drug-likeness (QED) is 0.493. The molecule has 8 heteroatoms. The van der Waals surface area contributed by atoms with Crippen molar-refractivity contribution in [2.45, 2.75) is 19.8 Å². The summed E-state index contributed by atoms with van der Waals surface area (Å²) in [4.78, 5) is 22.0. The summed E-state index contributed by atoms with van der Waals surface area (Å²) in [5.41, 5.74) is 2.61. The van der Waals surface area contributed by atoms with Crippen LogP contribution in [0.3, 0.4) is 0 Å². The Bertz CT molecular complexity index is 1260. The maximum atomic E-state index is 12.9. The Kier molecular flexibility index (Phi) is 5.19. The number of carbonyl (C=O) groups excluding carboxylic acids is 1. The summed E-state index contributed by atoms with van der Waals surface area (Å²) in [6.07, 6.45) is 1.31. The lowest BCUT2D eigenvalue weighted by Gasteiger charge is -2.24. The van der Waals surface area contributed by atoms with Crippen LogP contribution in [0.5, 0.6) is 0 Å². The minimum atomic E-state index is 0.164. The Morgan fingerprint density at radius 2 is 1.87 bits per heavy atom. The van der Waals surface area contributed by atoms with Crippen LogP contribution in [0.25, 0.3) is 16.6 Å². The highest BCUT2D eigenvalue weighted by Gasteiger charge is 2.23. The van der Waals surface area contributed by atoms with Crippen molar-refractivity contribution >= 4 is 40.0 Å². The Labute approximate surface area is 185 Å². The number of halogens is 1. The van der Waals surface area contributed by atoms with Crippen LogP contribution in [-0.4, -0.2) is 56.6 Å². The lowest BCUT2D eigenvalue weighted by Crippen LogP contribution is -2.36. The van der Waals surface area contributed by atoms with Gasteiger partial charge in [-0.3, -0.25) is 4.79 Å². The van der Waals surface area contributed by atoms with E-state index in [1.54, 1.807) is 0 Å². The summed E-state index contributed by atoms with van der Waals surface area (Å²) in [7, 11) is 0. The highest BCUT2D eigenvalue weighted by Crippen LogP contribution is 2.27. The van der Waals surface area contributed by atoms with Crippen molar-refractivity contribution in [2.75, 3.05) is 31.1 Å². The second kappa shape index (κ2) is 8.15. The molecule has 1 fully saturated rings. The van der Waals surface area contributed by atoms with Gasteiger partial charge in [-0.15, -0.1) is 10.2 Å². The zero-order chi connectivity index (χ0) is 21.4. The Morgan fingerprint density at radius 1 is 1.03 bits per heavy atom. The van der Waals surface area contributed by atoms with Crippen LogP contribution in [0, 0.1) is 6.92 Å². The number of hydrogen-bond acceptors (Lipinski definition) is 5. The predicted molar refractivity (Wildman–Crippen MR) is 122 cm³/mol. The van der Waals surface area contributed by atoms with Crippen molar-refractivity contribution in [1.82, 2.24) is 24.5 Å². The first kappa shape index (κ1) is 19.8. The SMILES string of the molecule is Cc1nnc2c3ccc(Cl)cc3nc(N3CCCN(C(=O)Cc4ccccc4)CC3)n12. The van der Waals surface area contributed by atoms with Gasteiger partial charge in [0.1, 0.15) is 5.82 Å². The summed E-state index contributed by atoms with van der Waals surface area (Å²) in [5.74, 6) is 1.75. The summed E-state index contributed by atoms with van der Waals surface area (Å²) in [6.45, 7) is 4.84. The molecule has 0 bridgehead atoms. The second-order valence-corrected chi connectivity index (χ2v) is 8.30. The van der Waals surface area contributed by atoms with Gasteiger partial charge in [0.25, 0.3) is 0 Å². The fraction of sp³-hybridized carbons (Fsp3) is 0.304. The molecule has 31 heavy (non-hydrogen) atoms. The monoisotopic (exact) mass is 434 g/mol. The van der Waals surface area contributed by atoms with Crippen molar-refractivity contribution in [3.05, 3.63) is 64.9 Å². The highest BCUT2D eigenvalue weighted by atomic mass is 35.5. The van der Waals surface area contributed by atoms with Crippen molar-refractivity contribution in [3.8, 4) is 0 Å². The average molecular weight is 435 g/mol. The van der Waals surface area contributed by atoms with Gasteiger partial charge in [0.05, 0.1) is 11.9 Å². The maximum absolute atomic E-state index is 12.9. The van der Waals surface area contributed by atoms with E-state index in [0.717, 1.165) is 53.4 Å². The van der Waals surface area contributed by atoms with Crippen molar-refractivity contribution < 1.29 is 4.79 Å². The van der Waals surface area contributed by atoms with E-state index in [2.05, 4.69) is 15.1 Å². The average Bonchev–Trinajstić information content (AvgIpc) is 3.00. The summed E-state index contributed by atoms with van der Waals surface area (Å²) in [5, 5.41) is 10.2. The number of aryl methyl sites for hydroxylation is 1. The van der Waals surface area contributed by atoms with Gasteiger partial charge in [0.15, 0.2) is 5.65 Å². The first-order valence-corrected chi connectivity index (χ1v) is 10.9. The molecule has 0 spiro atoms. The van der Waals surface area contributed by atoms with Crippen LogP contribution in [0.1, 0.15) is 17.8 Å². The van der Waals surface area contributed by atoms with E-state index in [1.807, 2.05) is 64.8 Å². The fourth-order valence-electron chi connectivity index (χ4n) is 4.18. The minimum absolute atomic E-state index is 0.164. The van der Waals surface area contributed by atoms with Crippen molar-refractivity contribution in [3.63, 3.8) is 0 Å². The topological polar surface area (TPSA) is 66.6 Å². The molecule has 1 amide bonds. The van der Waals surface area contributed by atoms with Crippen molar-refractivity contribution in [2.24, 2.45) is 0 Å². The van der Waals surface area contributed by atoms with E-state index in [4.69, 9.17) is 16.6 Å². The number of aromatic nitrogens is 4. The van der Waals surface area contributed by atoms with Gasteiger partial charge in [-0.05, 0) is 37.1 Å². The number of carbonyl (C=O) groups is 1. The molecule has 1 saturated heterocycles. The number of anilines is 1. The molecule has 0 aliphatic carbocycles. The van der Waals surface area contributed by atoms with E-state index in [0.29, 0.717) is 24.5 Å². The van der Waals surface area contributed by atoms with Gasteiger partial charge < -0.3 is 9.80 Å².